The smallest absolute Gasteiger partial charge is 0.238 e. The topological polar surface area (TPSA) is 199 Å². The van der Waals surface area contributed by atoms with Crippen LogP contribution in [0.1, 0.15) is 37.8 Å². The van der Waals surface area contributed by atoms with Crippen LogP contribution >= 0.6 is 0 Å². The van der Waals surface area contributed by atoms with Crippen LogP contribution in [0.25, 0.3) is 5.76 Å². The number of carbonyl (C=O) groups excluding carboxylic acids is 4. The molecule has 3 aliphatic rings. The fraction of sp³-hybridized carbons (Fsp3) is 0.520. The van der Waals surface area contributed by atoms with Gasteiger partial charge in [0.2, 0.25) is 17.6 Å². The van der Waals surface area contributed by atoms with E-state index in [4.69, 9.17) is 5.73 Å². The number of ketones is 2. The number of aliphatic hydroxyl groups is 3. The molecule has 11 nitrogen and oxygen atoms in total. The maximum absolute atomic E-state index is 13.5. The third-order valence-electron chi connectivity index (χ3n) is 7.37. The Hall–Kier alpha value is -3.28. The Kier molecular flexibility index (Phi) is 6.67. The summed E-state index contributed by atoms with van der Waals surface area (Å²) < 4.78 is 0. The van der Waals surface area contributed by atoms with Gasteiger partial charge in [0.15, 0.2) is 11.4 Å². The van der Waals surface area contributed by atoms with Crippen molar-refractivity contribution in [2.45, 2.75) is 44.8 Å². The number of Topliss-reactive ketones (excluding diaryl/α,β-unsaturated/α-hetero) is 2. The molecule has 0 aliphatic heterocycles. The highest BCUT2D eigenvalue weighted by Gasteiger charge is 2.65. The van der Waals surface area contributed by atoms with Crippen molar-refractivity contribution in [2.75, 3.05) is 18.4 Å². The molecule has 5 unspecified atom stereocenters. The SMILES string of the molecule is CC(C)CNCC(=O)Nc1ccc2c(c1O)C(O)=C1C(=O)C3(O)C(=O)CC(O)CC3C(C(N)=O)C1C2. The number of benzene rings is 1. The third kappa shape index (κ3) is 4.06. The number of hydrogen-bond acceptors (Lipinski definition) is 9. The number of anilines is 1. The molecule has 0 aromatic heterocycles. The van der Waals surface area contributed by atoms with E-state index in [0.717, 1.165) is 0 Å². The van der Waals surface area contributed by atoms with E-state index in [1.54, 1.807) is 6.07 Å². The molecule has 2 saturated carbocycles. The quantitative estimate of drug-likeness (QED) is 0.203. The van der Waals surface area contributed by atoms with Crippen LogP contribution in [0, 0.1) is 23.7 Å². The Morgan fingerprint density at radius 1 is 1.19 bits per heavy atom. The van der Waals surface area contributed by atoms with E-state index in [-0.39, 0.29) is 36.2 Å². The molecule has 11 heteroatoms. The highest BCUT2D eigenvalue weighted by Crippen LogP contribution is 2.53. The predicted molar refractivity (Wildman–Crippen MR) is 128 cm³/mol. The first-order chi connectivity index (χ1) is 16.9. The van der Waals surface area contributed by atoms with E-state index in [1.165, 1.54) is 6.07 Å². The predicted octanol–water partition coefficient (Wildman–Crippen LogP) is -0.227. The van der Waals surface area contributed by atoms with Crippen LogP contribution < -0.4 is 16.4 Å². The van der Waals surface area contributed by atoms with E-state index in [2.05, 4.69) is 10.6 Å². The van der Waals surface area contributed by atoms with Gasteiger partial charge in [-0.3, -0.25) is 19.2 Å². The van der Waals surface area contributed by atoms with Crippen LogP contribution in [0.15, 0.2) is 17.7 Å². The van der Waals surface area contributed by atoms with Gasteiger partial charge in [0.25, 0.3) is 0 Å². The summed E-state index contributed by atoms with van der Waals surface area (Å²) >= 11 is 0. The van der Waals surface area contributed by atoms with Crippen molar-refractivity contribution in [2.24, 2.45) is 29.4 Å². The van der Waals surface area contributed by atoms with Crippen LogP contribution in [0.4, 0.5) is 5.69 Å². The van der Waals surface area contributed by atoms with Gasteiger partial charge in [-0.25, -0.2) is 0 Å². The van der Waals surface area contributed by atoms with Gasteiger partial charge in [-0.2, -0.15) is 0 Å². The number of phenolic OH excluding ortho intramolecular Hbond substituents is 1. The number of carbonyl (C=O) groups is 4. The number of fused-ring (bicyclic) bond motifs is 3. The zero-order valence-corrected chi connectivity index (χ0v) is 20.1. The number of nitrogens with two attached hydrogens (primary N) is 1. The minimum atomic E-state index is -2.63. The maximum atomic E-state index is 13.5. The summed E-state index contributed by atoms with van der Waals surface area (Å²) in [5.41, 5.74) is 2.92. The summed E-state index contributed by atoms with van der Waals surface area (Å²) in [5.74, 6) is -7.61. The molecule has 2 fully saturated rings. The summed E-state index contributed by atoms with van der Waals surface area (Å²) in [4.78, 5) is 51.0. The molecule has 2 amide bonds. The van der Waals surface area contributed by atoms with Gasteiger partial charge in [-0.15, -0.1) is 0 Å². The number of aliphatic hydroxyl groups excluding tert-OH is 2. The Bertz CT molecular complexity index is 1180. The first-order valence-corrected chi connectivity index (χ1v) is 11.9. The van der Waals surface area contributed by atoms with Gasteiger partial charge in [-0.05, 0) is 36.9 Å². The molecule has 0 bridgehead atoms. The molecule has 0 heterocycles. The Labute approximate surface area is 207 Å². The van der Waals surface area contributed by atoms with Crippen molar-refractivity contribution in [1.82, 2.24) is 5.32 Å². The summed E-state index contributed by atoms with van der Waals surface area (Å²) in [7, 11) is 0. The minimum Gasteiger partial charge on any atom is -0.507 e. The average Bonchev–Trinajstić information content (AvgIpc) is 2.77. The fourth-order valence-electron chi connectivity index (χ4n) is 5.78. The van der Waals surface area contributed by atoms with Crippen LogP contribution in [-0.2, 0) is 25.6 Å². The highest BCUT2D eigenvalue weighted by atomic mass is 16.3. The van der Waals surface area contributed by atoms with Gasteiger partial charge < -0.3 is 36.8 Å². The fourth-order valence-corrected chi connectivity index (χ4v) is 5.78. The second-order valence-electron chi connectivity index (χ2n) is 10.3. The van der Waals surface area contributed by atoms with E-state index >= 15 is 0 Å². The number of rotatable bonds is 6. The molecule has 194 valence electrons. The van der Waals surface area contributed by atoms with Gasteiger partial charge in [0.05, 0.1) is 29.8 Å². The third-order valence-corrected chi connectivity index (χ3v) is 7.37. The molecule has 36 heavy (non-hydrogen) atoms. The number of nitrogens with one attached hydrogen (secondary N) is 2. The van der Waals surface area contributed by atoms with Crippen LogP contribution in [0.3, 0.4) is 0 Å². The molecule has 0 saturated heterocycles. The number of phenols is 1. The lowest BCUT2D eigenvalue weighted by Crippen LogP contribution is -2.66. The van der Waals surface area contributed by atoms with Crippen molar-refractivity contribution < 1.29 is 39.6 Å². The van der Waals surface area contributed by atoms with E-state index in [1.807, 2.05) is 13.8 Å². The number of hydrogen-bond donors (Lipinski definition) is 7. The number of aromatic hydroxyl groups is 1. The van der Waals surface area contributed by atoms with Crippen molar-refractivity contribution in [3.8, 4) is 5.75 Å². The normalized spacial score (nSPS) is 29.5. The lowest BCUT2D eigenvalue weighted by atomic mass is 9.53. The van der Waals surface area contributed by atoms with Crippen LogP contribution in [0.2, 0.25) is 0 Å². The molecular weight excluding hydrogens is 470 g/mol. The van der Waals surface area contributed by atoms with Gasteiger partial charge in [-0.1, -0.05) is 19.9 Å². The van der Waals surface area contributed by atoms with Crippen molar-refractivity contribution >= 4 is 34.8 Å². The molecule has 8 N–H and O–H groups in total. The average molecular weight is 502 g/mol. The standard InChI is InChI=1S/C25H31N3O8/c1-10(2)8-27-9-17(31)28-15-4-3-11-5-13-19(24(26)35)14-6-12(29)7-16(30)25(14,36)23(34)20(13)22(33)18(11)21(15)32/h3-4,10,12-14,19,27,29,32-33,36H,5-9H2,1-2H3,(H2,26,35)(H,28,31). The van der Waals surface area contributed by atoms with E-state index in [9.17, 15) is 39.6 Å². The van der Waals surface area contributed by atoms with Crippen molar-refractivity contribution in [3.63, 3.8) is 0 Å². The van der Waals surface area contributed by atoms with Crippen LogP contribution in [-0.4, -0.2) is 68.6 Å². The summed E-state index contributed by atoms with van der Waals surface area (Å²) in [5, 5.41) is 49.0. The largest absolute Gasteiger partial charge is 0.507 e. The number of amides is 2. The van der Waals surface area contributed by atoms with Gasteiger partial charge in [0.1, 0.15) is 11.5 Å². The second kappa shape index (κ2) is 9.30. The van der Waals surface area contributed by atoms with Crippen molar-refractivity contribution in [1.29, 1.82) is 0 Å². The highest BCUT2D eigenvalue weighted by molar-refractivity contribution is 6.22. The first-order valence-electron chi connectivity index (χ1n) is 11.9. The van der Waals surface area contributed by atoms with Crippen LogP contribution in [0.5, 0.6) is 5.75 Å². The molecule has 5 atom stereocenters. The maximum Gasteiger partial charge on any atom is 0.238 e. The molecule has 3 aliphatic carbocycles. The zero-order chi connectivity index (χ0) is 26.5. The van der Waals surface area contributed by atoms with E-state index < -0.39 is 70.8 Å². The first kappa shape index (κ1) is 25.8. The monoisotopic (exact) mass is 501 g/mol. The molecular formula is C25H31N3O8. The Morgan fingerprint density at radius 3 is 2.53 bits per heavy atom. The molecule has 0 radical (unpaired) electrons. The molecule has 4 rings (SSSR count). The van der Waals surface area contributed by atoms with Gasteiger partial charge >= 0.3 is 0 Å². The zero-order valence-electron chi connectivity index (χ0n) is 20.1. The Balaban J connectivity index is 1.75. The summed E-state index contributed by atoms with van der Waals surface area (Å²) in [6.07, 6.45) is -1.80. The summed E-state index contributed by atoms with van der Waals surface area (Å²) in [6.45, 7) is 4.58. The lowest BCUT2D eigenvalue weighted by Gasteiger charge is -2.50. The van der Waals surface area contributed by atoms with Crippen molar-refractivity contribution in [3.05, 3.63) is 28.8 Å². The van der Waals surface area contributed by atoms with E-state index in [0.29, 0.717) is 18.0 Å². The molecule has 0 spiro atoms. The summed E-state index contributed by atoms with van der Waals surface area (Å²) in [6, 6.07) is 2.99. The Morgan fingerprint density at radius 2 is 1.89 bits per heavy atom. The molecule has 1 aromatic rings. The second-order valence-corrected chi connectivity index (χ2v) is 10.3. The number of primary amides is 1. The minimum absolute atomic E-state index is 0.00106. The lowest BCUT2D eigenvalue weighted by molar-refractivity contribution is -0.173. The van der Waals surface area contributed by atoms with Gasteiger partial charge in [0, 0.05) is 23.8 Å². The molecule has 1 aromatic carbocycles.